The molecule has 0 atom stereocenters. The van der Waals surface area contributed by atoms with E-state index in [4.69, 9.17) is 10.5 Å². The third-order valence-corrected chi connectivity index (χ3v) is 2.63. The van der Waals surface area contributed by atoms with Gasteiger partial charge in [0.25, 0.3) is 5.91 Å². The minimum atomic E-state index is -0.180. The van der Waals surface area contributed by atoms with Crippen molar-refractivity contribution in [2.75, 3.05) is 32.6 Å². The highest BCUT2D eigenvalue weighted by Crippen LogP contribution is 2.25. The van der Waals surface area contributed by atoms with Crippen molar-refractivity contribution in [2.24, 2.45) is 5.73 Å². The Morgan fingerprint density at radius 1 is 1.35 bits per heavy atom. The summed E-state index contributed by atoms with van der Waals surface area (Å²) in [7, 11) is 3.32. The Balaban J connectivity index is 2.79. The zero-order valence-electron chi connectivity index (χ0n) is 12.1. The van der Waals surface area contributed by atoms with E-state index in [1.165, 1.54) is 4.90 Å². The predicted octanol–water partition coefficient (Wildman–Crippen LogP) is 0.749. The Kier molecular flexibility index (Phi) is 5.99. The van der Waals surface area contributed by atoms with E-state index < -0.39 is 0 Å². The minimum Gasteiger partial charge on any atom is -0.482 e. The summed E-state index contributed by atoms with van der Waals surface area (Å²) in [4.78, 5) is 24.6. The number of ether oxygens (including phenoxy) is 1. The number of anilines is 1. The van der Waals surface area contributed by atoms with Gasteiger partial charge in [-0.25, -0.2) is 0 Å². The van der Waals surface area contributed by atoms with Gasteiger partial charge in [-0.2, -0.15) is 0 Å². The highest BCUT2D eigenvalue weighted by Gasteiger charge is 2.10. The van der Waals surface area contributed by atoms with E-state index in [2.05, 4.69) is 5.32 Å². The maximum atomic E-state index is 11.6. The molecule has 0 heterocycles. The van der Waals surface area contributed by atoms with Crippen LogP contribution in [0.25, 0.3) is 0 Å². The van der Waals surface area contributed by atoms with Gasteiger partial charge in [-0.3, -0.25) is 9.59 Å². The van der Waals surface area contributed by atoms with Crippen molar-refractivity contribution < 1.29 is 14.3 Å². The van der Waals surface area contributed by atoms with Crippen LogP contribution in [-0.4, -0.2) is 44.0 Å². The van der Waals surface area contributed by atoms with Crippen molar-refractivity contribution in [3.63, 3.8) is 0 Å². The number of amides is 2. The number of hydrogen-bond acceptors (Lipinski definition) is 4. The molecule has 1 aromatic carbocycles. The average Bonchev–Trinajstić information content (AvgIpc) is 2.38. The number of likely N-dealkylation sites (N-methyl/N-ethyl adjacent to an activating group) is 1. The summed E-state index contributed by atoms with van der Waals surface area (Å²) >= 11 is 0. The third-order valence-electron chi connectivity index (χ3n) is 2.63. The molecule has 0 aliphatic rings. The number of hydrogen-bond donors (Lipinski definition) is 2. The Hall–Kier alpha value is -2.08. The van der Waals surface area contributed by atoms with Gasteiger partial charge in [0, 0.05) is 27.1 Å². The Bertz CT molecular complexity index is 487. The van der Waals surface area contributed by atoms with Gasteiger partial charge >= 0.3 is 0 Å². The van der Waals surface area contributed by atoms with Gasteiger partial charge in [0.05, 0.1) is 5.69 Å². The predicted molar refractivity (Wildman–Crippen MR) is 77.7 cm³/mol. The van der Waals surface area contributed by atoms with Gasteiger partial charge in [0.15, 0.2) is 6.61 Å². The van der Waals surface area contributed by atoms with Gasteiger partial charge in [-0.1, -0.05) is 6.07 Å². The highest BCUT2D eigenvalue weighted by molar-refractivity contribution is 5.92. The lowest BCUT2D eigenvalue weighted by atomic mass is 10.2. The summed E-state index contributed by atoms with van der Waals surface area (Å²) in [5.41, 5.74) is 6.86. The molecule has 0 aliphatic carbocycles. The van der Waals surface area contributed by atoms with Crippen molar-refractivity contribution in [1.82, 2.24) is 4.90 Å². The fourth-order valence-electron chi connectivity index (χ4n) is 1.46. The Labute approximate surface area is 118 Å². The average molecular weight is 279 g/mol. The van der Waals surface area contributed by atoms with E-state index >= 15 is 0 Å². The van der Waals surface area contributed by atoms with Crippen LogP contribution in [0.15, 0.2) is 18.2 Å². The van der Waals surface area contributed by atoms with Crippen LogP contribution >= 0.6 is 0 Å². The largest absolute Gasteiger partial charge is 0.482 e. The van der Waals surface area contributed by atoms with Gasteiger partial charge in [0.1, 0.15) is 5.75 Å². The molecule has 0 bridgehead atoms. The molecule has 1 aromatic rings. The lowest BCUT2D eigenvalue weighted by molar-refractivity contribution is -0.130. The van der Waals surface area contributed by atoms with Gasteiger partial charge in [0.2, 0.25) is 5.91 Å². The van der Waals surface area contributed by atoms with Crippen molar-refractivity contribution in [1.29, 1.82) is 0 Å². The molecule has 0 radical (unpaired) electrons. The number of nitrogens with zero attached hydrogens (tertiary/aromatic N) is 1. The summed E-state index contributed by atoms with van der Waals surface area (Å²) in [5.74, 6) is 0.149. The summed E-state index contributed by atoms with van der Waals surface area (Å²) in [6.45, 7) is 2.12. The second-order valence-corrected chi connectivity index (χ2v) is 4.66. The van der Waals surface area contributed by atoms with Crippen LogP contribution in [0.4, 0.5) is 5.69 Å². The van der Waals surface area contributed by atoms with Crippen LogP contribution in [0, 0.1) is 6.92 Å². The maximum Gasteiger partial charge on any atom is 0.259 e. The summed E-state index contributed by atoms with van der Waals surface area (Å²) < 4.78 is 5.48. The molecule has 6 heteroatoms. The third kappa shape index (κ3) is 4.89. The first-order valence-corrected chi connectivity index (χ1v) is 6.37. The number of benzene rings is 1. The number of nitrogens with two attached hydrogens (primary N) is 1. The van der Waals surface area contributed by atoms with Crippen molar-refractivity contribution in [2.45, 2.75) is 13.3 Å². The van der Waals surface area contributed by atoms with Crippen molar-refractivity contribution in [3.8, 4) is 5.75 Å². The first-order valence-electron chi connectivity index (χ1n) is 6.37. The monoisotopic (exact) mass is 279 g/mol. The molecule has 0 aliphatic heterocycles. The second-order valence-electron chi connectivity index (χ2n) is 4.66. The van der Waals surface area contributed by atoms with Crippen LogP contribution in [0.3, 0.4) is 0 Å². The van der Waals surface area contributed by atoms with Crippen LogP contribution < -0.4 is 15.8 Å². The van der Waals surface area contributed by atoms with Gasteiger partial charge in [-0.05, 0) is 24.6 Å². The summed E-state index contributed by atoms with van der Waals surface area (Å²) in [6.07, 6.45) is 0.240. The molecular formula is C14H21N3O3. The molecule has 2 amide bonds. The minimum absolute atomic E-state index is 0.0732. The molecule has 3 N–H and O–H groups in total. The van der Waals surface area contributed by atoms with Gasteiger partial charge in [-0.15, -0.1) is 0 Å². The lowest BCUT2D eigenvalue weighted by Gasteiger charge is -2.15. The highest BCUT2D eigenvalue weighted by atomic mass is 16.5. The number of carbonyl (C=O) groups excluding carboxylic acids is 2. The van der Waals surface area contributed by atoms with E-state index in [-0.39, 0.29) is 31.4 Å². The first kappa shape index (κ1) is 16.0. The van der Waals surface area contributed by atoms with Crippen LogP contribution in [0.1, 0.15) is 12.0 Å². The standard InChI is InChI=1S/C14H21N3O3/c1-10-4-5-11(16-13(18)6-7-15)12(8-10)20-9-14(19)17(2)3/h4-5,8H,6-7,9,15H2,1-3H3,(H,16,18). The fourth-order valence-corrected chi connectivity index (χ4v) is 1.46. The molecule has 0 fully saturated rings. The molecule has 6 nitrogen and oxygen atoms in total. The van der Waals surface area contributed by atoms with E-state index in [1.54, 1.807) is 26.2 Å². The number of carbonyl (C=O) groups is 2. The van der Waals surface area contributed by atoms with Crippen molar-refractivity contribution >= 4 is 17.5 Å². The summed E-state index contributed by atoms with van der Waals surface area (Å²) in [6, 6.07) is 5.39. The first-order chi connectivity index (χ1) is 9.43. The zero-order valence-corrected chi connectivity index (χ0v) is 12.1. The van der Waals surface area contributed by atoms with Gasteiger partial charge < -0.3 is 20.7 Å². The Morgan fingerprint density at radius 2 is 2.05 bits per heavy atom. The molecule has 0 saturated heterocycles. The normalized spacial score (nSPS) is 10.0. The summed E-state index contributed by atoms with van der Waals surface area (Å²) in [5, 5.41) is 2.72. The van der Waals surface area contributed by atoms with E-state index in [0.717, 1.165) is 5.56 Å². The zero-order chi connectivity index (χ0) is 15.1. The smallest absolute Gasteiger partial charge is 0.259 e. The number of aryl methyl sites for hydroxylation is 1. The molecule has 0 aromatic heterocycles. The molecule has 110 valence electrons. The molecular weight excluding hydrogens is 258 g/mol. The fraction of sp³-hybridized carbons (Fsp3) is 0.429. The van der Waals surface area contributed by atoms with E-state index in [9.17, 15) is 9.59 Å². The molecule has 0 spiro atoms. The topological polar surface area (TPSA) is 84.7 Å². The number of nitrogens with one attached hydrogen (secondary N) is 1. The molecule has 1 rings (SSSR count). The van der Waals surface area contributed by atoms with E-state index in [0.29, 0.717) is 11.4 Å². The lowest BCUT2D eigenvalue weighted by Crippen LogP contribution is -2.27. The van der Waals surface area contributed by atoms with Crippen molar-refractivity contribution in [3.05, 3.63) is 23.8 Å². The second kappa shape index (κ2) is 7.49. The maximum absolute atomic E-state index is 11.6. The van der Waals surface area contributed by atoms with E-state index in [1.807, 2.05) is 13.0 Å². The number of rotatable bonds is 6. The van der Waals surface area contributed by atoms with Crippen LogP contribution in [-0.2, 0) is 9.59 Å². The SMILES string of the molecule is Cc1ccc(NC(=O)CCN)c(OCC(=O)N(C)C)c1. The molecule has 0 saturated carbocycles. The van der Waals surface area contributed by atoms with Crippen LogP contribution in [0.5, 0.6) is 5.75 Å². The molecule has 0 unspecified atom stereocenters. The quantitative estimate of drug-likeness (QED) is 0.804. The Morgan fingerprint density at radius 3 is 2.65 bits per heavy atom. The van der Waals surface area contributed by atoms with Crippen LogP contribution in [0.2, 0.25) is 0 Å². The molecule has 20 heavy (non-hydrogen) atoms.